The third-order valence-electron chi connectivity index (χ3n) is 2.62. The Hall–Kier alpha value is -1.89. The number of carbonyl (C=O) groups is 3. The Kier molecular flexibility index (Phi) is 5.69. The van der Waals surface area contributed by atoms with Crippen LogP contribution < -0.4 is 10.6 Å². The highest BCUT2D eigenvalue weighted by Crippen LogP contribution is 2.32. The van der Waals surface area contributed by atoms with E-state index < -0.39 is 5.97 Å². The second kappa shape index (κ2) is 7.04. The first kappa shape index (κ1) is 16.2. The maximum Gasteiger partial charge on any atom is 0.341 e. The number of hydrogen-bond donors (Lipinski definition) is 2. The van der Waals surface area contributed by atoms with Gasteiger partial charge in [0.1, 0.15) is 5.00 Å². The van der Waals surface area contributed by atoms with Gasteiger partial charge in [0.25, 0.3) is 0 Å². The van der Waals surface area contributed by atoms with Crippen molar-refractivity contribution in [3.63, 3.8) is 0 Å². The molecule has 0 fully saturated rings. The molecule has 20 heavy (non-hydrogen) atoms. The van der Waals surface area contributed by atoms with Gasteiger partial charge in [-0.25, -0.2) is 4.79 Å². The maximum atomic E-state index is 11.9. The van der Waals surface area contributed by atoms with Gasteiger partial charge in [-0.2, -0.15) is 0 Å². The van der Waals surface area contributed by atoms with E-state index in [0.717, 1.165) is 10.4 Å². The summed E-state index contributed by atoms with van der Waals surface area (Å²) in [5, 5.41) is 5.48. The van der Waals surface area contributed by atoms with Gasteiger partial charge in [0.2, 0.25) is 11.8 Å². The van der Waals surface area contributed by atoms with E-state index >= 15 is 0 Å². The molecule has 1 heterocycles. The van der Waals surface area contributed by atoms with Crippen LogP contribution in [0.2, 0.25) is 0 Å². The van der Waals surface area contributed by atoms with Crippen molar-refractivity contribution in [2.75, 3.05) is 18.5 Å². The average molecular weight is 298 g/mol. The molecule has 0 bridgehead atoms. The van der Waals surface area contributed by atoms with Gasteiger partial charge in [0, 0.05) is 11.8 Å². The summed E-state index contributed by atoms with van der Waals surface area (Å²) in [6.07, 6.45) is 0. The van der Waals surface area contributed by atoms with Gasteiger partial charge in [-0.1, -0.05) is 0 Å². The van der Waals surface area contributed by atoms with E-state index in [2.05, 4.69) is 10.6 Å². The second-order valence-electron chi connectivity index (χ2n) is 4.17. The number of nitrogens with one attached hydrogen (secondary N) is 2. The molecular weight excluding hydrogens is 280 g/mol. The van der Waals surface area contributed by atoms with Crippen LogP contribution in [-0.4, -0.2) is 30.9 Å². The molecule has 0 unspecified atom stereocenters. The molecule has 0 aliphatic rings. The molecule has 1 rings (SSSR count). The summed E-state index contributed by atoms with van der Waals surface area (Å²) < 4.78 is 4.99. The van der Waals surface area contributed by atoms with Gasteiger partial charge in [-0.3, -0.25) is 9.59 Å². The summed E-state index contributed by atoms with van der Waals surface area (Å²) in [5.74, 6) is -1.12. The molecule has 0 aliphatic heterocycles. The standard InChI is InChI=1S/C13H18N2O4S/c1-5-19-13(18)11-7(2)8(3)20-12(11)15-10(17)6-14-9(4)16/h5-6H2,1-4H3,(H,14,16)(H,15,17). The molecule has 0 atom stereocenters. The molecule has 6 nitrogen and oxygen atoms in total. The molecule has 0 aliphatic carbocycles. The monoisotopic (exact) mass is 298 g/mol. The first-order chi connectivity index (χ1) is 9.36. The molecule has 0 saturated heterocycles. The topological polar surface area (TPSA) is 84.5 Å². The van der Waals surface area contributed by atoms with Crippen LogP contribution in [0.4, 0.5) is 5.00 Å². The van der Waals surface area contributed by atoms with Crippen LogP contribution in [0.25, 0.3) is 0 Å². The number of thiophene rings is 1. The third kappa shape index (κ3) is 4.06. The molecule has 110 valence electrons. The van der Waals surface area contributed by atoms with E-state index in [9.17, 15) is 14.4 Å². The predicted octanol–water partition coefficient (Wildman–Crippen LogP) is 1.62. The largest absolute Gasteiger partial charge is 0.462 e. The van der Waals surface area contributed by atoms with Crippen molar-refractivity contribution in [2.24, 2.45) is 0 Å². The van der Waals surface area contributed by atoms with Crippen LogP contribution in [0.3, 0.4) is 0 Å². The summed E-state index contributed by atoms with van der Waals surface area (Å²) in [6.45, 7) is 6.87. The molecule has 1 aromatic heterocycles. The molecule has 7 heteroatoms. The number of hydrogen-bond acceptors (Lipinski definition) is 5. The van der Waals surface area contributed by atoms with Gasteiger partial charge >= 0.3 is 5.97 Å². The molecule has 2 N–H and O–H groups in total. The van der Waals surface area contributed by atoms with Crippen LogP contribution in [0.5, 0.6) is 0 Å². The van der Waals surface area contributed by atoms with Crippen LogP contribution >= 0.6 is 11.3 Å². The molecule has 2 amide bonds. The number of anilines is 1. The minimum Gasteiger partial charge on any atom is -0.462 e. The molecule has 0 spiro atoms. The Balaban J connectivity index is 2.89. The number of aryl methyl sites for hydroxylation is 1. The van der Waals surface area contributed by atoms with Gasteiger partial charge in [0.05, 0.1) is 18.7 Å². The van der Waals surface area contributed by atoms with Crippen molar-refractivity contribution in [1.82, 2.24) is 5.32 Å². The van der Waals surface area contributed by atoms with Gasteiger partial charge in [0.15, 0.2) is 0 Å². The third-order valence-corrected chi connectivity index (χ3v) is 3.74. The summed E-state index contributed by atoms with van der Waals surface area (Å²) in [5.41, 5.74) is 1.17. The van der Waals surface area contributed by atoms with Crippen molar-refractivity contribution < 1.29 is 19.1 Å². The highest BCUT2D eigenvalue weighted by molar-refractivity contribution is 7.16. The Morgan fingerprint density at radius 2 is 1.90 bits per heavy atom. The van der Waals surface area contributed by atoms with Crippen LogP contribution in [-0.2, 0) is 14.3 Å². The Morgan fingerprint density at radius 1 is 1.25 bits per heavy atom. The number of esters is 1. The van der Waals surface area contributed by atoms with E-state index in [1.165, 1.54) is 18.3 Å². The summed E-state index contributed by atoms with van der Waals surface area (Å²) in [4.78, 5) is 35.3. The zero-order chi connectivity index (χ0) is 15.3. The number of carbonyl (C=O) groups excluding carboxylic acids is 3. The summed E-state index contributed by atoms with van der Waals surface area (Å²) in [7, 11) is 0. The van der Waals surface area contributed by atoms with Crippen molar-refractivity contribution in [2.45, 2.75) is 27.7 Å². The molecule has 0 radical (unpaired) electrons. The quantitative estimate of drug-likeness (QED) is 0.809. The zero-order valence-electron chi connectivity index (χ0n) is 12.0. The molecular formula is C13H18N2O4S. The average Bonchev–Trinajstić information content (AvgIpc) is 2.62. The minimum absolute atomic E-state index is 0.131. The smallest absolute Gasteiger partial charge is 0.341 e. The lowest BCUT2D eigenvalue weighted by molar-refractivity contribution is -0.122. The number of amides is 2. The van der Waals surface area contributed by atoms with Crippen LogP contribution in [0.1, 0.15) is 34.6 Å². The highest BCUT2D eigenvalue weighted by atomic mass is 32.1. The lowest BCUT2D eigenvalue weighted by atomic mass is 10.1. The van der Waals surface area contributed by atoms with Crippen LogP contribution in [0.15, 0.2) is 0 Å². The number of ether oxygens (including phenoxy) is 1. The van der Waals surface area contributed by atoms with Crippen molar-refractivity contribution >= 4 is 34.1 Å². The SMILES string of the molecule is CCOC(=O)c1c(NC(=O)CNC(C)=O)sc(C)c1C. The zero-order valence-corrected chi connectivity index (χ0v) is 12.8. The minimum atomic E-state index is -0.454. The van der Waals surface area contributed by atoms with E-state index in [4.69, 9.17) is 4.74 Å². The second-order valence-corrected chi connectivity index (χ2v) is 5.39. The summed E-state index contributed by atoms with van der Waals surface area (Å²) in [6, 6.07) is 0. The highest BCUT2D eigenvalue weighted by Gasteiger charge is 2.21. The maximum absolute atomic E-state index is 11.9. The Labute approximate surface area is 121 Å². The van der Waals surface area contributed by atoms with E-state index in [1.807, 2.05) is 13.8 Å². The Bertz CT molecular complexity index is 537. The molecule has 1 aromatic rings. The van der Waals surface area contributed by atoms with E-state index in [1.54, 1.807) is 6.92 Å². The fourth-order valence-corrected chi connectivity index (χ4v) is 2.60. The normalized spacial score (nSPS) is 10.0. The van der Waals surface area contributed by atoms with E-state index in [0.29, 0.717) is 10.6 Å². The van der Waals surface area contributed by atoms with E-state index in [-0.39, 0.29) is 25.0 Å². The van der Waals surface area contributed by atoms with Gasteiger partial charge < -0.3 is 15.4 Å². The van der Waals surface area contributed by atoms with Crippen LogP contribution in [0, 0.1) is 13.8 Å². The molecule has 0 saturated carbocycles. The van der Waals surface area contributed by atoms with Crippen molar-refractivity contribution in [1.29, 1.82) is 0 Å². The van der Waals surface area contributed by atoms with Gasteiger partial charge in [-0.05, 0) is 26.3 Å². The fourth-order valence-electron chi connectivity index (χ4n) is 1.54. The Morgan fingerprint density at radius 3 is 2.45 bits per heavy atom. The van der Waals surface area contributed by atoms with Gasteiger partial charge in [-0.15, -0.1) is 11.3 Å². The number of rotatable bonds is 5. The first-order valence-electron chi connectivity index (χ1n) is 6.18. The summed E-state index contributed by atoms with van der Waals surface area (Å²) >= 11 is 1.31. The molecule has 0 aromatic carbocycles. The van der Waals surface area contributed by atoms with Crippen molar-refractivity contribution in [3.05, 3.63) is 16.0 Å². The van der Waals surface area contributed by atoms with Crippen molar-refractivity contribution in [3.8, 4) is 0 Å². The lowest BCUT2D eigenvalue weighted by Gasteiger charge is -2.07. The first-order valence-corrected chi connectivity index (χ1v) is 6.99. The fraction of sp³-hybridized carbons (Fsp3) is 0.462. The lowest BCUT2D eigenvalue weighted by Crippen LogP contribution is -2.31. The predicted molar refractivity (Wildman–Crippen MR) is 77.1 cm³/mol.